The van der Waals surface area contributed by atoms with Crippen molar-refractivity contribution in [3.8, 4) is 11.5 Å². The molecule has 0 amide bonds. The first-order valence-corrected chi connectivity index (χ1v) is 9.07. The quantitative estimate of drug-likeness (QED) is 0.600. The maximum Gasteiger partial charge on any atom is 0.191 e. The Hall–Kier alpha value is -2.96. The van der Waals surface area contributed by atoms with Crippen LogP contribution in [0.2, 0.25) is 0 Å². The van der Waals surface area contributed by atoms with Crippen LogP contribution in [0.3, 0.4) is 0 Å². The van der Waals surface area contributed by atoms with Crippen LogP contribution < -0.4 is 25.0 Å². The number of nitrogens with one attached hydrogen (secondary N) is 2. The average molecular weight is 369 g/mol. The number of anilines is 1. The van der Waals surface area contributed by atoms with Crippen LogP contribution in [0.15, 0.2) is 47.6 Å². The fraction of sp³-hybridized carbons (Fsp3) is 0.400. The molecule has 7 heteroatoms. The van der Waals surface area contributed by atoms with E-state index in [1.165, 1.54) is 0 Å². The van der Waals surface area contributed by atoms with Crippen LogP contribution in [0.5, 0.6) is 11.5 Å². The lowest BCUT2D eigenvalue weighted by atomic mass is 10.2. The van der Waals surface area contributed by atoms with E-state index in [2.05, 4.69) is 25.5 Å². The third-order valence-electron chi connectivity index (χ3n) is 4.62. The van der Waals surface area contributed by atoms with E-state index in [-0.39, 0.29) is 0 Å². The van der Waals surface area contributed by atoms with Gasteiger partial charge in [0.1, 0.15) is 11.5 Å². The fourth-order valence-corrected chi connectivity index (χ4v) is 3.15. The molecule has 0 bridgehead atoms. The highest BCUT2D eigenvalue weighted by molar-refractivity contribution is 5.80. The number of guanidine groups is 1. The maximum absolute atomic E-state index is 5.38. The summed E-state index contributed by atoms with van der Waals surface area (Å²) < 4.78 is 10.8. The Kier molecular flexibility index (Phi) is 6.35. The summed E-state index contributed by atoms with van der Waals surface area (Å²) >= 11 is 0. The monoisotopic (exact) mass is 369 g/mol. The lowest BCUT2D eigenvalue weighted by Gasteiger charge is -2.21. The molecule has 1 saturated heterocycles. The topological polar surface area (TPSA) is 71.0 Å². The molecule has 1 aromatic heterocycles. The molecule has 2 aromatic rings. The molecule has 0 aliphatic carbocycles. The van der Waals surface area contributed by atoms with Crippen molar-refractivity contribution in [3.05, 3.63) is 48.3 Å². The van der Waals surface area contributed by atoms with Crippen molar-refractivity contribution in [1.29, 1.82) is 0 Å². The molecule has 0 saturated carbocycles. The van der Waals surface area contributed by atoms with Crippen molar-refractivity contribution >= 4 is 11.6 Å². The molecule has 1 aromatic carbocycles. The lowest BCUT2D eigenvalue weighted by Crippen LogP contribution is -2.44. The lowest BCUT2D eigenvalue weighted by molar-refractivity contribution is 0.394. The summed E-state index contributed by atoms with van der Waals surface area (Å²) in [6, 6.07) is 12.2. The number of aliphatic imine (C=N–C) groups is 1. The molecule has 1 fully saturated rings. The van der Waals surface area contributed by atoms with Gasteiger partial charge in [0.2, 0.25) is 0 Å². The Morgan fingerprint density at radius 2 is 2.00 bits per heavy atom. The summed E-state index contributed by atoms with van der Waals surface area (Å²) in [6.07, 6.45) is 2.83. The summed E-state index contributed by atoms with van der Waals surface area (Å²) in [5.41, 5.74) is 2.09. The van der Waals surface area contributed by atoms with Crippen LogP contribution in [-0.4, -0.2) is 51.3 Å². The number of hydrogen-bond acceptors (Lipinski definition) is 5. The number of methoxy groups -OCH3 is 2. The van der Waals surface area contributed by atoms with Gasteiger partial charge in [0, 0.05) is 56.3 Å². The summed E-state index contributed by atoms with van der Waals surface area (Å²) in [5, 5.41) is 6.82. The molecule has 1 atom stereocenters. The first-order chi connectivity index (χ1) is 13.2. The Bertz CT molecular complexity index is 744. The van der Waals surface area contributed by atoms with Gasteiger partial charge in [-0.3, -0.25) is 9.98 Å². The van der Waals surface area contributed by atoms with Crippen molar-refractivity contribution in [3.63, 3.8) is 0 Å². The number of ether oxygens (including phenoxy) is 2. The predicted molar refractivity (Wildman–Crippen MR) is 108 cm³/mol. The Morgan fingerprint density at radius 3 is 2.63 bits per heavy atom. The van der Waals surface area contributed by atoms with Crippen LogP contribution in [0.25, 0.3) is 0 Å². The molecule has 1 aliphatic heterocycles. The van der Waals surface area contributed by atoms with Gasteiger partial charge in [-0.05, 0) is 18.6 Å². The number of aromatic nitrogens is 1. The number of hydrogen-bond donors (Lipinski definition) is 2. The first kappa shape index (κ1) is 18.8. The van der Waals surface area contributed by atoms with E-state index in [0.29, 0.717) is 12.6 Å². The van der Waals surface area contributed by atoms with Gasteiger partial charge in [-0.25, -0.2) is 0 Å². The highest BCUT2D eigenvalue weighted by atomic mass is 16.5. The Morgan fingerprint density at radius 1 is 1.22 bits per heavy atom. The molecule has 2 heterocycles. The molecule has 1 unspecified atom stereocenters. The van der Waals surface area contributed by atoms with E-state index >= 15 is 0 Å². The van der Waals surface area contributed by atoms with Gasteiger partial charge in [-0.1, -0.05) is 6.07 Å². The average Bonchev–Trinajstić information content (AvgIpc) is 3.20. The molecule has 144 valence electrons. The van der Waals surface area contributed by atoms with Gasteiger partial charge < -0.3 is 25.0 Å². The molecular formula is C20H27N5O2. The van der Waals surface area contributed by atoms with Crippen LogP contribution in [0.1, 0.15) is 12.1 Å². The molecule has 27 heavy (non-hydrogen) atoms. The van der Waals surface area contributed by atoms with E-state index in [0.717, 1.165) is 48.4 Å². The normalized spacial score (nSPS) is 16.9. The van der Waals surface area contributed by atoms with E-state index in [4.69, 9.17) is 9.47 Å². The largest absolute Gasteiger partial charge is 0.497 e. The van der Waals surface area contributed by atoms with Gasteiger partial charge in [0.25, 0.3) is 0 Å². The molecule has 2 N–H and O–H groups in total. The number of pyridine rings is 1. The number of benzene rings is 1. The molecule has 1 aliphatic rings. The zero-order valence-electron chi connectivity index (χ0n) is 16.1. The summed E-state index contributed by atoms with van der Waals surface area (Å²) in [6.45, 7) is 2.50. The predicted octanol–water partition coefficient (Wildman–Crippen LogP) is 2.04. The second kappa shape index (κ2) is 9.12. The third kappa shape index (κ3) is 5.03. The highest BCUT2D eigenvalue weighted by Crippen LogP contribution is 2.30. The second-order valence-corrected chi connectivity index (χ2v) is 6.39. The van der Waals surface area contributed by atoms with Crippen molar-refractivity contribution in [2.24, 2.45) is 4.99 Å². The fourth-order valence-electron chi connectivity index (χ4n) is 3.15. The van der Waals surface area contributed by atoms with E-state index < -0.39 is 0 Å². The van der Waals surface area contributed by atoms with Crippen molar-refractivity contribution in [1.82, 2.24) is 15.6 Å². The summed E-state index contributed by atoms with van der Waals surface area (Å²) in [5.74, 6) is 2.39. The molecule has 0 spiro atoms. The SMILES string of the molecule is CN=C(NCc1ccccn1)NC1CCN(c2cc(OC)cc(OC)c2)C1. The highest BCUT2D eigenvalue weighted by Gasteiger charge is 2.24. The van der Waals surface area contributed by atoms with Gasteiger partial charge in [-0.15, -0.1) is 0 Å². The molecule has 7 nitrogen and oxygen atoms in total. The van der Waals surface area contributed by atoms with Crippen LogP contribution in [-0.2, 0) is 6.54 Å². The second-order valence-electron chi connectivity index (χ2n) is 6.39. The standard InChI is InChI=1S/C20H27N5O2/c1-21-20(23-13-15-6-4-5-8-22-15)24-16-7-9-25(14-16)17-10-18(26-2)12-19(11-17)27-3/h4-6,8,10-12,16H,7,9,13-14H2,1-3H3,(H2,21,23,24). The van der Waals surface area contributed by atoms with Crippen molar-refractivity contribution in [2.75, 3.05) is 39.3 Å². The zero-order chi connectivity index (χ0) is 19.1. The smallest absolute Gasteiger partial charge is 0.191 e. The van der Waals surface area contributed by atoms with E-state index in [1.54, 1.807) is 27.5 Å². The van der Waals surface area contributed by atoms with Crippen LogP contribution >= 0.6 is 0 Å². The molecular weight excluding hydrogens is 342 g/mol. The maximum atomic E-state index is 5.38. The minimum Gasteiger partial charge on any atom is -0.497 e. The van der Waals surface area contributed by atoms with Crippen molar-refractivity contribution < 1.29 is 9.47 Å². The minimum absolute atomic E-state index is 0.317. The number of nitrogens with zero attached hydrogens (tertiary/aromatic N) is 3. The minimum atomic E-state index is 0.317. The summed E-state index contributed by atoms with van der Waals surface area (Å²) in [7, 11) is 5.13. The van der Waals surface area contributed by atoms with Crippen LogP contribution in [0.4, 0.5) is 5.69 Å². The van der Waals surface area contributed by atoms with Gasteiger partial charge in [0.15, 0.2) is 5.96 Å². The number of rotatable bonds is 6. The van der Waals surface area contributed by atoms with Gasteiger partial charge in [-0.2, -0.15) is 0 Å². The van der Waals surface area contributed by atoms with Crippen molar-refractivity contribution in [2.45, 2.75) is 19.0 Å². The first-order valence-electron chi connectivity index (χ1n) is 9.07. The van der Waals surface area contributed by atoms with Gasteiger partial charge in [0.05, 0.1) is 26.5 Å². The Balaban J connectivity index is 1.57. The Labute approximate surface area is 160 Å². The zero-order valence-corrected chi connectivity index (χ0v) is 16.1. The van der Waals surface area contributed by atoms with E-state index in [1.807, 2.05) is 36.4 Å². The third-order valence-corrected chi connectivity index (χ3v) is 4.62. The molecule has 0 radical (unpaired) electrons. The van der Waals surface area contributed by atoms with Gasteiger partial charge >= 0.3 is 0 Å². The van der Waals surface area contributed by atoms with E-state index in [9.17, 15) is 0 Å². The molecule has 3 rings (SSSR count). The summed E-state index contributed by atoms with van der Waals surface area (Å²) in [4.78, 5) is 11.0. The van der Waals surface area contributed by atoms with Crippen LogP contribution in [0, 0.1) is 0 Å².